The maximum absolute atomic E-state index is 11.8. The number of hydrogen-bond donors (Lipinski definition) is 1. The van der Waals surface area contributed by atoms with E-state index in [0.717, 1.165) is 48.0 Å². The van der Waals surface area contributed by atoms with Crippen LogP contribution >= 0.6 is 0 Å². The molecule has 0 radical (unpaired) electrons. The Morgan fingerprint density at radius 1 is 1.25 bits per heavy atom. The molecule has 1 fully saturated rings. The molecule has 1 saturated carbocycles. The molecule has 3 aromatic heterocycles. The fraction of sp³-hybridized carbons (Fsp3) is 0.450. The predicted octanol–water partition coefficient (Wildman–Crippen LogP) is 2.93. The van der Waals surface area contributed by atoms with E-state index in [-0.39, 0.29) is 11.6 Å². The van der Waals surface area contributed by atoms with Gasteiger partial charge in [-0.25, -0.2) is 9.97 Å². The number of pyridine rings is 1. The third-order valence-corrected chi connectivity index (χ3v) is 5.86. The Morgan fingerprint density at radius 3 is 2.82 bits per heavy atom. The highest BCUT2D eigenvalue weighted by Crippen LogP contribution is 2.43. The first-order valence-electron chi connectivity index (χ1n) is 9.94. The van der Waals surface area contributed by atoms with E-state index in [1.165, 1.54) is 18.9 Å². The summed E-state index contributed by atoms with van der Waals surface area (Å²) >= 11 is 0. The quantitative estimate of drug-likeness (QED) is 0.754. The van der Waals surface area contributed by atoms with Crippen molar-refractivity contribution in [1.29, 1.82) is 0 Å². The Labute approximate surface area is 162 Å². The molecule has 0 aromatic carbocycles. The van der Waals surface area contributed by atoms with Crippen LogP contribution in [0.3, 0.4) is 0 Å². The molecule has 1 aliphatic carbocycles. The van der Waals surface area contributed by atoms with Crippen LogP contribution in [0.15, 0.2) is 29.3 Å². The molecule has 1 unspecified atom stereocenters. The van der Waals surface area contributed by atoms with Crippen molar-refractivity contribution in [3.05, 3.63) is 46.5 Å². The molecule has 4 heterocycles. The van der Waals surface area contributed by atoms with Crippen molar-refractivity contribution < 1.29 is 0 Å². The largest absolute Gasteiger partial charge is 0.342 e. The predicted molar refractivity (Wildman–Crippen MR) is 106 cm³/mol. The van der Waals surface area contributed by atoms with Crippen molar-refractivity contribution in [3.8, 4) is 17.1 Å². The van der Waals surface area contributed by atoms with Gasteiger partial charge in [0.05, 0.1) is 12.2 Å². The lowest BCUT2D eigenvalue weighted by Gasteiger charge is -2.41. The number of nitrogens with one attached hydrogen (secondary N) is 1. The normalized spacial score (nSPS) is 18.9. The standard InChI is InChI=1S/C20H23N7O/c1-3-15-20-25-24-12(2)26(20)16-11-22-18(13-8-9-21-17(28)10-13)23-19(16)27(15)14-6-4-5-7-14/h8-11,14-15H,3-7H2,1-2H3,(H,21,28). The van der Waals surface area contributed by atoms with Crippen LogP contribution < -0.4 is 10.5 Å². The first kappa shape index (κ1) is 17.1. The maximum Gasteiger partial charge on any atom is 0.248 e. The molecular weight excluding hydrogens is 354 g/mol. The van der Waals surface area contributed by atoms with Gasteiger partial charge in [0.1, 0.15) is 11.5 Å². The van der Waals surface area contributed by atoms with E-state index in [2.05, 4.69) is 36.6 Å². The molecule has 8 heteroatoms. The van der Waals surface area contributed by atoms with Crippen LogP contribution in [0.2, 0.25) is 0 Å². The summed E-state index contributed by atoms with van der Waals surface area (Å²) in [5.74, 6) is 3.29. The molecule has 28 heavy (non-hydrogen) atoms. The first-order chi connectivity index (χ1) is 13.7. The highest BCUT2D eigenvalue weighted by atomic mass is 16.1. The summed E-state index contributed by atoms with van der Waals surface area (Å²) in [4.78, 5) is 26.4. The van der Waals surface area contributed by atoms with Gasteiger partial charge in [-0.1, -0.05) is 19.8 Å². The SMILES string of the molecule is CCC1c2nnc(C)n2-c2cnc(-c3cc[nH]c(=O)c3)nc2N1C1CCCC1. The number of aromatic nitrogens is 6. The Kier molecular flexibility index (Phi) is 3.99. The summed E-state index contributed by atoms with van der Waals surface area (Å²) < 4.78 is 2.08. The number of aromatic amines is 1. The molecule has 1 atom stereocenters. The summed E-state index contributed by atoms with van der Waals surface area (Å²) in [6, 6.07) is 3.95. The van der Waals surface area contributed by atoms with Gasteiger partial charge in [0, 0.05) is 23.9 Å². The Bertz CT molecular complexity index is 1080. The zero-order valence-corrected chi connectivity index (χ0v) is 16.1. The summed E-state index contributed by atoms with van der Waals surface area (Å²) in [7, 11) is 0. The highest BCUT2D eigenvalue weighted by molar-refractivity contribution is 5.66. The van der Waals surface area contributed by atoms with Gasteiger partial charge in [-0.05, 0) is 32.3 Å². The fourth-order valence-electron chi connectivity index (χ4n) is 4.59. The summed E-state index contributed by atoms with van der Waals surface area (Å²) in [6.45, 7) is 4.15. The van der Waals surface area contributed by atoms with Crippen molar-refractivity contribution >= 4 is 5.82 Å². The topological polar surface area (TPSA) is 92.6 Å². The highest BCUT2D eigenvalue weighted by Gasteiger charge is 2.39. The number of nitrogens with zero attached hydrogens (tertiary/aromatic N) is 6. The lowest BCUT2D eigenvalue weighted by Crippen LogP contribution is -2.42. The number of rotatable bonds is 3. The molecular formula is C20H23N7O. The summed E-state index contributed by atoms with van der Waals surface area (Å²) in [5, 5.41) is 8.83. The van der Waals surface area contributed by atoms with E-state index in [1.807, 2.05) is 19.2 Å². The molecule has 0 spiro atoms. The Morgan fingerprint density at radius 2 is 2.07 bits per heavy atom. The zero-order valence-electron chi connectivity index (χ0n) is 16.1. The number of H-pyrrole nitrogens is 1. The average molecular weight is 377 g/mol. The fourth-order valence-corrected chi connectivity index (χ4v) is 4.59. The van der Waals surface area contributed by atoms with Crippen LogP contribution in [-0.4, -0.2) is 35.8 Å². The Balaban J connectivity index is 1.72. The zero-order chi connectivity index (χ0) is 19.3. The van der Waals surface area contributed by atoms with Gasteiger partial charge in [0.15, 0.2) is 17.5 Å². The monoisotopic (exact) mass is 377 g/mol. The second-order valence-electron chi connectivity index (χ2n) is 7.55. The second-order valence-corrected chi connectivity index (χ2v) is 7.55. The van der Waals surface area contributed by atoms with E-state index >= 15 is 0 Å². The third-order valence-electron chi connectivity index (χ3n) is 5.86. The van der Waals surface area contributed by atoms with Crippen LogP contribution in [0, 0.1) is 6.92 Å². The minimum Gasteiger partial charge on any atom is -0.342 e. The minimum absolute atomic E-state index is 0.138. The molecule has 5 rings (SSSR count). The van der Waals surface area contributed by atoms with E-state index in [9.17, 15) is 4.79 Å². The molecule has 0 bridgehead atoms. The number of fused-ring (bicyclic) bond motifs is 3. The lowest BCUT2D eigenvalue weighted by atomic mass is 10.0. The van der Waals surface area contributed by atoms with Crippen LogP contribution in [-0.2, 0) is 0 Å². The van der Waals surface area contributed by atoms with Crippen molar-refractivity contribution in [1.82, 2.24) is 29.7 Å². The van der Waals surface area contributed by atoms with E-state index < -0.39 is 0 Å². The van der Waals surface area contributed by atoms with Crippen LogP contribution in [0.5, 0.6) is 0 Å². The van der Waals surface area contributed by atoms with Gasteiger partial charge < -0.3 is 9.88 Å². The van der Waals surface area contributed by atoms with Crippen molar-refractivity contribution in [2.45, 2.75) is 58.0 Å². The molecule has 0 amide bonds. The van der Waals surface area contributed by atoms with Crippen molar-refractivity contribution in [2.24, 2.45) is 0 Å². The van der Waals surface area contributed by atoms with Crippen LogP contribution in [0.4, 0.5) is 5.82 Å². The van der Waals surface area contributed by atoms with Gasteiger partial charge >= 0.3 is 0 Å². The molecule has 144 valence electrons. The van der Waals surface area contributed by atoms with Gasteiger partial charge in [-0.2, -0.15) is 0 Å². The molecule has 1 aliphatic heterocycles. The van der Waals surface area contributed by atoms with E-state index in [0.29, 0.717) is 11.9 Å². The van der Waals surface area contributed by atoms with Gasteiger partial charge in [0.2, 0.25) is 5.56 Å². The number of anilines is 1. The number of aryl methyl sites for hydroxylation is 1. The average Bonchev–Trinajstić information content (AvgIpc) is 3.37. The summed E-state index contributed by atoms with van der Waals surface area (Å²) in [5.41, 5.74) is 1.48. The van der Waals surface area contributed by atoms with Gasteiger partial charge in [0.25, 0.3) is 0 Å². The van der Waals surface area contributed by atoms with E-state index in [1.54, 1.807) is 6.20 Å². The third kappa shape index (κ3) is 2.55. The lowest BCUT2D eigenvalue weighted by molar-refractivity contribution is 0.468. The second kappa shape index (κ2) is 6.54. The molecule has 3 aromatic rings. The summed E-state index contributed by atoms with van der Waals surface area (Å²) in [6.07, 6.45) is 9.20. The minimum atomic E-state index is -0.158. The van der Waals surface area contributed by atoms with Crippen molar-refractivity contribution in [2.75, 3.05) is 4.90 Å². The Hall–Kier alpha value is -3.03. The molecule has 1 N–H and O–H groups in total. The molecule has 2 aliphatic rings. The van der Waals surface area contributed by atoms with Crippen LogP contribution in [0.25, 0.3) is 17.1 Å². The van der Waals surface area contributed by atoms with Crippen LogP contribution in [0.1, 0.15) is 56.7 Å². The smallest absolute Gasteiger partial charge is 0.248 e. The molecule has 8 nitrogen and oxygen atoms in total. The first-order valence-corrected chi connectivity index (χ1v) is 9.94. The maximum atomic E-state index is 11.8. The van der Waals surface area contributed by atoms with E-state index in [4.69, 9.17) is 4.98 Å². The van der Waals surface area contributed by atoms with Crippen molar-refractivity contribution in [3.63, 3.8) is 0 Å². The van der Waals surface area contributed by atoms with Gasteiger partial charge in [-0.15, -0.1) is 10.2 Å². The molecule has 0 saturated heterocycles. The van der Waals surface area contributed by atoms with Gasteiger partial charge in [-0.3, -0.25) is 9.36 Å². The number of hydrogen-bond acceptors (Lipinski definition) is 6.